The first-order valence-electron chi connectivity index (χ1n) is 8.62. The zero-order chi connectivity index (χ0) is 20.9. The van der Waals surface area contributed by atoms with Crippen molar-refractivity contribution in [3.05, 3.63) is 56.4 Å². The summed E-state index contributed by atoms with van der Waals surface area (Å²) in [4.78, 5) is 24.4. The molecular formula is C20H20BrN3O4. The molecule has 0 aliphatic carbocycles. The number of carbonyl (C=O) groups excluding carboxylic acids is 1. The van der Waals surface area contributed by atoms with E-state index in [1.807, 2.05) is 0 Å². The number of halogens is 1. The number of hydrogen-bond acceptors (Lipinski definition) is 5. The number of ether oxygens (including phenoxy) is 1. The van der Waals surface area contributed by atoms with Gasteiger partial charge < -0.3 is 19.7 Å². The highest BCUT2D eigenvalue weighted by atomic mass is 79.9. The maximum absolute atomic E-state index is 13.0. The first-order valence-corrected chi connectivity index (χ1v) is 9.42. The molecule has 2 aromatic rings. The van der Waals surface area contributed by atoms with Crippen LogP contribution in [0.3, 0.4) is 0 Å². The minimum atomic E-state index is -1.51. The summed E-state index contributed by atoms with van der Waals surface area (Å²) in [6.07, 6.45) is 1.48. The third kappa shape index (κ3) is 3.21. The van der Waals surface area contributed by atoms with Gasteiger partial charge in [-0.05, 0) is 61.0 Å². The van der Waals surface area contributed by atoms with Gasteiger partial charge in [0.15, 0.2) is 0 Å². The molecule has 0 saturated carbocycles. The number of aromatic nitrogens is 1. The van der Waals surface area contributed by atoms with E-state index in [1.165, 1.54) is 23.8 Å². The Labute approximate surface area is 170 Å². The van der Waals surface area contributed by atoms with Crippen molar-refractivity contribution in [3.8, 4) is 11.8 Å². The lowest BCUT2D eigenvalue weighted by Crippen LogP contribution is -2.60. The third-order valence-electron chi connectivity index (χ3n) is 5.15. The second-order valence-corrected chi connectivity index (χ2v) is 8.35. The van der Waals surface area contributed by atoms with Crippen molar-refractivity contribution in [2.24, 2.45) is 0 Å². The lowest BCUT2D eigenvalue weighted by atomic mass is 9.75. The van der Waals surface area contributed by atoms with Crippen LogP contribution < -0.4 is 15.6 Å². The van der Waals surface area contributed by atoms with Crippen LogP contribution in [0.2, 0.25) is 0 Å². The monoisotopic (exact) mass is 445 g/mol. The maximum Gasteiger partial charge on any atom is 0.265 e. The van der Waals surface area contributed by atoms with Gasteiger partial charge in [-0.2, -0.15) is 5.26 Å². The fraction of sp³-hybridized carbons (Fsp3) is 0.350. The van der Waals surface area contributed by atoms with Crippen LogP contribution in [0.5, 0.6) is 5.75 Å². The van der Waals surface area contributed by atoms with E-state index in [1.54, 1.807) is 39.0 Å². The van der Waals surface area contributed by atoms with E-state index in [-0.39, 0.29) is 15.9 Å². The van der Waals surface area contributed by atoms with Gasteiger partial charge in [0, 0.05) is 18.7 Å². The Morgan fingerprint density at radius 3 is 2.64 bits per heavy atom. The Hall–Kier alpha value is -2.63. The number of carbonyl (C=O) groups is 1. The molecule has 2 heterocycles. The Morgan fingerprint density at radius 1 is 1.36 bits per heavy atom. The Morgan fingerprint density at radius 2 is 2.04 bits per heavy atom. The molecule has 2 N–H and O–H groups in total. The number of hydrogen-bond donors (Lipinski definition) is 2. The van der Waals surface area contributed by atoms with Crippen molar-refractivity contribution in [1.82, 2.24) is 4.57 Å². The number of aliphatic hydroxyl groups is 1. The van der Waals surface area contributed by atoms with Crippen LogP contribution >= 0.6 is 15.9 Å². The summed E-state index contributed by atoms with van der Waals surface area (Å²) >= 11 is 3.24. The second kappa shape index (κ2) is 6.76. The summed E-state index contributed by atoms with van der Waals surface area (Å²) in [5, 5.41) is 23.4. The summed E-state index contributed by atoms with van der Waals surface area (Å²) in [5.74, 6) is 0.191. The molecule has 0 radical (unpaired) electrons. The highest BCUT2D eigenvalue weighted by Crippen LogP contribution is 2.48. The van der Waals surface area contributed by atoms with Gasteiger partial charge in [-0.15, -0.1) is 0 Å². The Kier molecular flexibility index (Phi) is 4.86. The zero-order valence-electron chi connectivity index (χ0n) is 15.9. The molecule has 8 heteroatoms. The third-order valence-corrected chi connectivity index (χ3v) is 5.72. The summed E-state index contributed by atoms with van der Waals surface area (Å²) in [6.45, 7) is 6.43. The van der Waals surface area contributed by atoms with Crippen LogP contribution in [0.1, 0.15) is 44.9 Å². The van der Waals surface area contributed by atoms with E-state index in [2.05, 4.69) is 27.3 Å². The predicted octanol–water partition coefficient (Wildman–Crippen LogP) is 2.95. The standard InChI is InChI=1S/C20H20BrN3O4/c1-11(25)23-13-8-15(21)18(26)24(10-13)17-14-7-12(9-22)5-6-16(14)28-19(2,3)20(17,4)27/h5-8,10,17,27H,1-4H3,(H,23,25). The van der Waals surface area contributed by atoms with Gasteiger partial charge in [-0.1, -0.05) is 0 Å². The van der Waals surface area contributed by atoms with E-state index >= 15 is 0 Å². The number of nitrogens with one attached hydrogen (secondary N) is 1. The highest BCUT2D eigenvalue weighted by molar-refractivity contribution is 9.10. The molecule has 7 nitrogen and oxygen atoms in total. The fourth-order valence-electron chi connectivity index (χ4n) is 3.39. The first kappa shape index (κ1) is 20.1. The van der Waals surface area contributed by atoms with Crippen molar-refractivity contribution in [2.45, 2.75) is 44.9 Å². The number of pyridine rings is 1. The van der Waals surface area contributed by atoms with E-state index in [0.717, 1.165) is 0 Å². The number of anilines is 1. The average molecular weight is 446 g/mol. The molecular weight excluding hydrogens is 426 g/mol. The van der Waals surface area contributed by atoms with Crippen molar-refractivity contribution < 1.29 is 14.6 Å². The topological polar surface area (TPSA) is 104 Å². The molecule has 1 aromatic carbocycles. The Balaban J connectivity index is 2.33. The van der Waals surface area contributed by atoms with Crippen LogP contribution in [-0.4, -0.2) is 26.8 Å². The van der Waals surface area contributed by atoms with Crippen molar-refractivity contribution >= 4 is 27.5 Å². The largest absolute Gasteiger partial charge is 0.484 e. The van der Waals surface area contributed by atoms with Gasteiger partial charge in [0.25, 0.3) is 5.56 Å². The minimum absolute atomic E-state index is 0.233. The Bertz CT molecular complexity index is 1070. The van der Waals surface area contributed by atoms with Crippen molar-refractivity contribution in [2.75, 3.05) is 5.32 Å². The molecule has 3 rings (SSSR count). The van der Waals surface area contributed by atoms with Gasteiger partial charge in [0.1, 0.15) is 17.0 Å². The predicted molar refractivity (Wildman–Crippen MR) is 107 cm³/mol. The summed E-state index contributed by atoms with van der Waals surface area (Å²) in [5.41, 5.74) is -1.63. The van der Waals surface area contributed by atoms with E-state index in [0.29, 0.717) is 22.6 Å². The summed E-state index contributed by atoms with van der Waals surface area (Å²) in [6, 6.07) is 7.62. The molecule has 1 aliphatic heterocycles. The molecule has 0 fully saturated rings. The molecule has 1 aromatic heterocycles. The fourth-order valence-corrected chi connectivity index (χ4v) is 3.84. The first-order chi connectivity index (χ1) is 13.0. The second-order valence-electron chi connectivity index (χ2n) is 7.50. The molecule has 0 spiro atoms. The summed E-state index contributed by atoms with van der Waals surface area (Å²) < 4.78 is 7.59. The normalized spacial score (nSPS) is 22.5. The van der Waals surface area contributed by atoms with Gasteiger partial charge >= 0.3 is 0 Å². The number of fused-ring (bicyclic) bond motifs is 1. The molecule has 2 unspecified atom stereocenters. The minimum Gasteiger partial charge on any atom is -0.484 e. The van der Waals surface area contributed by atoms with Gasteiger partial charge in [-0.25, -0.2) is 0 Å². The van der Waals surface area contributed by atoms with Crippen LogP contribution in [0.25, 0.3) is 0 Å². The van der Waals surface area contributed by atoms with Gasteiger partial charge in [0.2, 0.25) is 5.91 Å². The summed E-state index contributed by atoms with van der Waals surface area (Å²) in [7, 11) is 0. The van der Waals surface area contributed by atoms with E-state index in [4.69, 9.17) is 4.74 Å². The maximum atomic E-state index is 13.0. The van der Waals surface area contributed by atoms with Crippen molar-refractivity contribution in [3.63, 3.8) is 0 Å². The van der Waals surface area contributed by atoms with Crippen molar-refractivity contribution in [1.29, 1.82) is 5.26 Å². The van der Waals surface area contributed by atoms with Crippen LogP contribution in [0, 0.1) is 11.3 Å². The van der Waals surface area contributed by atoms with Crippen LogP contribution in [0.15, 0.2) is 39.7 Å². The van der Waals surface area contributed by atoms with Crippen LogP contribution in [0.4, 0.5) is 5.69 Å². The SMILES string of the molecule is CC(=O)Nc1cc(Br)c(=O)n(C2c3cc(C#N)ccc3OC(C)(C)C2(C)O)c1. The van der Waals surface area contributed by atoms with E-state index in [9.17, 15) is 20.0 Å². The molecule has 1 amide bonds. The number of rotatable bonds is 2. The average Bonchev–Trinajstić information content (AvgIpc) is 2.58. The van der Waals surface area contributed by atoms with E-state index < -0.39 is 17.2 Å². The zero-order valence-corrected chi connectivity index (χ0v) is 17.5. The molecule has 1 aliphatic rings. The molecule has 146 valence electrons. The number of nitriles is 1. The highest BCUT2D eigenvalue weighted by Gasteiger charge is 2.53. The number of benzene rings is 1. The molecule has 0 saturated heterocycles. The quantitative estimate of drug-likeness (QED) is 0.738. The van der Waals surface area contributed by atoms with Crippen LogP contribution in [-0.2, 0) is 4.79 Å². The lowest BCUT2D eigenvalue weighted by molar-refractivity contribution is -0.139. The number of nitrogens with zero attached hydrogens (tertiary/aromatic N) is 2. The van der Waals surface area contributed by atoms with Gasteiger partial charge in [0.05, 0.1) is 27.8 Å². The van der Waals surface area contributed by atoms with Gasteiger partial charge in [-0.3, -0.25) is 9.59 Å². The number of amides is 1. The molecule has 2 atom stereocenters. The lowest BCUT2D eigenvalue weighted by Gasteiger charge is -2.50. The molecule has 28 heavy (non-hydrogen) atoms. The molecule has 0 bridgehead atoms. The smallest absolute Gasteiger partial charge is 0.265 e.